The molecule has 1 aliphatic rings. The van der Waals surface area contributed by atoms with E-state index in [4.69, 9.17) is 0 Å². The predicted molar refractivity (Wildman–Crippen MR) is 141 cm³/mol. The first-order valence-electron chi connectivity index (χ1n) is 12.5. The van der Waals surface area contributed by atoms with Gasteiger partial charge in [0.1, 0.15) is 5.69 Å². The lowest BCUT2D eigenvalue weighted by Crippen LogP contribution is -2.41. The van der Waals surface area contributed by atoms with E-state index in [1.165, 1.54) is 11.3 Å². The molecule has 0 aliphatic carbocycles. The highest BCUT2D eigenvalue weighted by molar-refractivity contribution is 7.09. The Morgan fingerprint density at radius 3 is 2.45 bits per heavy atom. The predicted octanol–water partition coefficient (Wildman–Crippen LogP) is 2.85. The van der Waals surface area contributed by atoms with Crippen molar-refractivity contribution in [2.24, 2.45) is 0 Å². The van der Waals surface area contributed by atoms with Crippen molar-refractivity contribution in [3.63, 3.8) is 0 Å². The van der Waals surface area contributed by atoms with Gasteiger partial charge in [0, 0.05) is 36.0 Å². The van der Waals surface area contributed by atoms with Gasteiger partial charge in [-0.05, 0) is 50.8 Å². The SMILES string of the molecule is CCc1ccc(C(=O)NNC(=O)c2csc(C3CCN(C(=O)c4nnc5cc(C)nn5c4C)CC3)n2)cc1. The first-order chi connectivity index (χ1) is 18.3. The number of nitrogens with one attached hydrogen (secondary N) is 2. The number of rotatable bonds is 5. The molecule has 1 aromatic carbocycles. The molecule has 0 unspecified atom stereocenters. The summed E-state index contributed by atoms with van der Waals surface area (Å²) in [6, 6.07) is 9.04. The lowest BCUT2D eigenvalue weighted by atomic mass is 9.97. The first kappa shape index (κ1) is 25.5. The second-order valence-corrected chi connectivity index (χ2v) is 10.2. The largest absolute Gasteiger partial charge is 0.337 e. The standard InChI is InChI=1S/C26H28N8O3S/c1-4-17-5-7-18(8-6-17)23(35)30-31-24(36)20-14-38-25(27-20)19-9-11-33(12-10-19)26(37)22-16(3)34-21(28-29-22)13-15(2)32-34/h5-8,13-14,19H,4,9-12H2,1-3H3,(H,30,35)(H,31,36). The van der Waals surface area contributed by atoms with Crippen LogP contribution in [0.15, 0.2) is 35.7 Å². The monoisotopic (exact) mass is 532 g/mol. The van der Waals surface area contributed by atoms with E-state index in [0.29, 0.717) is 35.7 Å². The van der Waals surface area contributed by atoms with Crippen molar-refractivity contribution < 1.29 is 14.4 Å². The molecule has 196 valence electrons. The van der Waals surface area contributed by atoms with Gasteiger partial charge in [0.15, 0.2) is 11.3 Å². The maximum absolute atomic E-state index is 13.2. The molecule has 4 aromatic rings. The van der Waals surface area contributed by atoms with Crippen LogP contribution in [0.2, 0.25) is 0 Å². The molecule has 3 aromatic heterocycles. The van der Waals surface area contributed by atoms with Crippen LogP contribution in [0.3, 0.4) is 0 Å². The van der Waals surface area contributed by atoms with Crippen molar-refractivity contribution in [3.8, 4) is 0 Å². The molecule has 0 bridgehead atoms. The summed E-state index contributed by atoms with van der Waals surface area (Å²) in [5, 5.41) is 15.2. The Morgan fingerprint density at radius 2 is 1.74 bits per heavy atom. The topological polar surface area (TPSA) is 134 Å². The van der Waals surface area contributed by atoms with Gasteiger partial charge in [-0.2, -0.15) is 5.10 Å². The maximum Gasteiger partial charge on any atom is 0.289 e. The number of amides is 3. The Balaban J connectivity index is 1.15. The zero-order valence-corrected chi connectivity index (χ0v) is 22.2. The Kier molecular flexibility index (Phi) is 7.14. The fourth-order valence-corrected chi connectivity index (χ4v) is 5.45. The van der Waals surface area contributed by atoms with E-state index in [0.717, 1.165) is 35.5 Å². The minimum absolute atomic E-state index is 0.140. The lowest BCUT2D eigenvalue weighted by molar-refractivity contribution is 0.0703. The van der Waals surface area contributed by atoms with Crippen molar-refractivity contribution in [3.05, 3.63) is 74.6 Å². The summed E-state index contributed by atoms with van der Waals surface area (Å²) in [5.41, 5.74) is 9.11. The van der Waals surface area contributed by atoms with Crippen LogP contribution in [0, 0.1) is 13.8 Å². The summed E-state index contributed by atoms with van der Waals surface area (Å²) in [7, 11) is 0. The molecule has 1 fully saturated rings. The van der Waals surface area contributed by atoms with Gasteiger partial charge in [0.2, 0.25) is 0 Å². The Morgan fingerprint density at radius 1 is 1.03 bits per heavy atom. The molecule has 11 nitrogen and oxygen atoms in total. The Hall–Kier alpha value is -4.19. The van der Waals surface area contributed by atoms with E-state index >= 15 is 0 Å². The molecule has 1 aliphatic heterocycles. The molecular weight excluding hydrogens is 504 g/mol. The summed E-state index contributed by atoms with van der Waals surface area (Å²) in [4.78, 5) is 44.3. The van der Waals surface area contributed by atoms with Crippen LogP contribution in [-0.4, -0.2) is 60.5 Å². The molecule has 3 amide bonds. The van der Waals surface area contributed by atoms with Crippen LogP contribution in [0.4, 0.5) is 0 Å². The molecule has 1 saturated heterocycles. The second-order valence-electron chi connectivity index (χ2n) is 9.29. The number of aryl methyl sites for hydroxylation is 3. The number of aromatic nitrogens is 5. The van der Waals surface area contributed by atoms with Gasteiger partial charge in [-0.15, -0.1) is 21.5 Å². The smallest absolute Gasteiger partial charge is 0.289 e. The Labute approximate surface area is 223 Å². The van der Waals surface area contributed by atoms with Crippen molar-refractivity contribution in [2.45, 2.75) is 46.0 Å². The van der Waals surface area contributed by atoms with E-state index < -0.39 is 11.8 Å². The number of hydrogen-bond donors (Lipinski definition) is 2. The van der Waals surface area contributed by atoms with Gasteiger partial charge in [0.05, 0.1) is 16.4 Å². The van der Waals surface area contributed by atoms with Crippen molar-refractivity contribution >= 4 is 34.7 Å². The normalized spacial score (nSPS) is 14.0. The summed E-state index contributed by atoms with van der Waals surface area (Å²) in [6.07, 6.45) is 2.33. The molecule has 12 heteroatoms. The zero-order valence-electron chi connectivity index (χ0n) is 21.4. The highest BCUT2D eigenvalue weighted by Gasteiger charge is 2.29. The highest BCUT2D eigenvalue weighted by atomic mass is 32.1. The molecule has 0 atom stereocenters. The van der Waals surface area contributed by atoms with Crippen LogP contribution in [0.1, 0.15) is 79.0 Å². The van der Waals surface area contributed by atoms with Crippen LogP contribution in [-0.2, 0) is 6.42 Å². The Bertz CT molecular complexity index is 1500. The quantitative estimate of drug-likeness (QED) is 0.378. The van der Waals surface area contributed by atoms with Gasteiger partial charge in [0.25, 0.3) is 17.7 Å². The minimum Gasteiger partial charge on any atom is -0.337 e. The van der Waals surface area contributed by atoms with Crippen LogP contribution >= 0.6 is 11.3 Å². The average Bonchev–Trinajstić information content (AvgIpc) is 3.59. The van der Waals surface area contributed by atoms with E-state index in [1.807, 2.05) is 39.0 Å². The third-order valence-electron chi connectivity index (χ3n) is 6.73. The number of carbonyl (C=O) groups excluding carboxylic acids is 3. The molecule has 38 heavy (non-hydrogen) atoms. The molecule has 2 N–H and O–H groups in total. The number of hydrazine groups is 1. The summed E-state index contributed by atoms with van der Waals surface area (Å²) >= 11 is 1.41. The summed E-state index contributed by atoms with van der Waals surface area (Å²) in [5.74, 6) is -0.893. The van der Waals surface area contributed by atoms with E-state index in [1.54, 1.807) is 26.9 Å². The van der Waals surface area contributed by atoms with Crippen LogP contribution in [0.25, 0.3) is 5.65 Å². The molecule has 0 spiro atoms. The number of hydrogen-bond acceptors (Lipinski definition) is 8. The number of piperidine rings is 1. The highest BCUT2D eigenvalue weighted by Crippen LogP contribution is 2.31. The van der Waals surface area contributed by atoms with Crippen molar-refractivity contribution in [1.82, 2.24) is 40.5 Å². The van der Waals surface area contributed by atoms with Gasteiger partial charge in [-0.1, -0.05) is 19.1 Å². The minimum atomic E-state index is -0.475. The number of nitrogens with zero attached hydrogens (tertiary/aromatic N) is 6. The van der Waals surface area contributed by atoms with Crippen molar-refractivity contribution in [2.75, 3.05) is 13.1 Å². The number of benzene rings is 1. The van der Waals surface area contributed by atoms with Gasteiger partial charge in [-0.3, -0.25) is 25.2 Å². The molecule has 5 rings (SSSR count). The number of thiazole rings is 1. The number of fused-ring (bicyclic) bond motifs is 1. The van der Waals surface area contributed by atoms with E-state index in [9.17, 15) is 14.4 Å². The number of carbonyl (C=O) groups is 3. The van der Waals surface area contributed by atoms with Gasteiger partial charge < -0.3 is 4.90 Å². The zero-order chi connectivity index (χ0) is 26.8. The van der Waals surface area contributed by atoms with Crippen LogP contribution < -0.4 is 10.9 Å². The summed E-state index contributed by atoms with van der Waals surface area (Å²) < 4.78 is 1.65. The summed E-state index contributed by atoms with van der Waals surface area (Å²) in [6.45, 7) is 6.83. The van der Waals surface area contributed by atoms with E-state index in [-0.39, 0.29) is 17.5 Å². The first-order valence-corrected chi connectivity index (χ1v) is 13.4. The van der Waals surface area contributed by atoms with E-state index in [2.05, 4.69) is 31.1 Å². The lowest BCUT2D eigenvalue weighted by Gasteiger charge is -2.31. The van der Waals surface area contributed by atoms with Crippen LogP contribution in [0.5, 0.6) is 0 Å². The number of likely N-dealkylation sites (tertiary alicyclic amines) is 1. The molecule has 0 saturated carbocycles. The molecule has 4 heterocycles. The second kappa shape index (κ2) is 10.7. The third kappa shape index (κ3) is 5.12. The van der Waals surface area contributed by atoms with Gasteiger partial charge in [-0.25, -0.2) is 9.50 Å². The fraction of sp³-hybridized carbons (Fsp3) is 0.346. The average molecular weight is 533 g/mol. The fourth-order valence-electron chi connectivity index (χ4n) is 4.48. The molecular formula is C26H28N8O3S. The van der Waals surface area contributed by atoms with Crippen molar-refractivity contribution in [1.29, 1.82) is 0 Å². The third-order valence-corrected chi connectivity index (χ3v) is 7.74. The maximum atomic E-state index is 13.2. The molecule has 0 radical (unpaired) electrons. The van der Waals surface area contributed by atoms with Gasteiger partial charge >= 0.3 is 0 Å².